The molecule has 0 aliphatic rings. The third-order valence-corrected chi connectivity index (χ3v) is 1.14. The van der Waals surface area contributed by atoms with E-state index >= 15 is 0 Å². The Hall–Kier alpha value is -0.460. The summed E-state index contributed by atoms with van der Waals surface area (Å²) < 4.78 is 69.4. The molecule has 12 heavy (non-hydrogen) atoms. The first-order chi connectivity index (χ1) is 5.25. The van der Waals surface area contributed by atoms with Gasteiger partial charge in [0.25, 0.3) is 6.55 Å². The summed E-state index contributed by atoms with van der Waals surface area (Å²) in [5.74, 6) is 0. The number of rotatable bonds is 3. The van der Waals surface area contributed by atoms with Gasteiger partial charge in [-0.1, -0.05) is 0 Å². The van der Waals surface area contributed by atoms with Crippen molar-refractivity contribution >= 4 is 0 Å². The summed E-state index contributed by atoms with van der Waals surface area (Å²) >= 11 is 0. The summed E-state index contributed by atoms with van der Waals surface area (Å²) in [6.45, 7) is -4.42. The average molecular weight is 195 g/mol. The zero-order valence-corrected chi connectivity index (χ0v) is 6.08. The molecule has 0 spiro atoms. The number of hydrogen-bond acceptors (Lipinski definition) is 1. The van der Waals surface area contributed by atoms with Crippen molar-refractivity contribution in [3.63, 3.8) is 0 Å². The van der Waals surface area contributed by atoms with Crippen LogP contribution in [-0.4, -0.2) is 37.4 Å². The Bertz CT molecular complexity index is 132. The fourth-order valence-electron chi connectivity index (χ4n) is 0.436. The Morgan fingerprint density at radius 1 is 1.17 bits per heavy atom. The van der Waals surface area contributed by atoms with Crippen LogP contribution in [0.2, 0.25) is 0 Å². The molecule has 0 amide bonds. The molecule has 0 radical (unpaired) electrons. The van der Waals surface area contributed by atoms with E-state index in [9.17, 15) is 26.3 Å². The normalized spacial score (nSPS) is 15.8. The molecule has 0 aromatic heterocycles. The van der Waals surface area contributed by atoms with Crippen LogP contribution in [0.25, 0.3) is 0 Å². The predicted molar refractivity (Wildman–Crippen MR) is 29.6 cm³/mol. The van der Waals surface area contributed by atoms with Crippen LogP contribution in [0, 0.1) is 0 Å². The minimum Gasteiger partial charge on any atom is -0.247 e. The van der Waals surface area contributed by atoms with Gasteiger partial charge in [-0.05, 0) is 7.05 Å². The second-order valence-electron chi connectivity index (χ2n) is 2.23. The molecule has 0 aliphatic carbocycles. The lowest BCUT2D eigenvalue weighted by molar-refractivity contribution is -0.190. The molecule has 1 atom stereocenters. The summed E-state index contributed by atoms with van der Waals surface area (Å²) in [4.78, 5) is -0.0157. The van der Waals surface area contributed by atoms with Gasteiger partial charge in [0.05, 0.1) is 0 Å². The largest absolute Gasteiger partial charge is 0.420 e. The summed E-state index contributed by atoms with van der Waals surface area (Å²) in [7, 11) is 0.711. The Morgan fingerprint density at radius 2 is 1.58 bits per heavy atom. The van der Waals surface area contributed by atoms with Crippen molar-refractivity contribution in [2.45, 2.75) is 18.9 Å². The maximum Gasteiger partial charge on any atom is 0.420 e. The topological polar surface area (TPSA) is 3.24 Å². The van der Waals surface area contributed by atoms with Gasteiger partial charge in [-0.25, -0.2) is 9.29 Å². The smallest absolute Gasteiger partial charge is 0.247 e. The van der Waals surface area contributed by atoms with Crippen molar-refractivity contribution in [3.8, 4) is 0 Å². The van der Waals surface area contributed by atoms with E-state index in [4.69, 9.17) is 0 Å². The lowest BCUT2D eigenvalue weighted by Crippen LogP contribution is -2.38. The Morgan fingerprint density at radius 3 is 1.83 bits per heavy atom. The molecular weight excluding hydrogens is 188 g/mol. The third kappa shape index (κ3) is 3.80. The predicted octanol–water partition coefficient (Wildman–Crippen LogP) is 2.04. The summed E-state index contributed by atoms with van der Waals surface area (Å²) in [6, 6.07) is 0. The van der Waals surface area contributed by atoms with E-state index in [1.54, 1.807) is 0 Å². The first-order valence-corrected chi connectivity index (χ1v) is 2.94. The summed E-state index contributed by atoms with van der Waals surface area (Å²) in [6.07, 6.45) is -8.29. The van der Waals surface area contributed by atoms with Crippen LogP contribution >= 0.6 is 0 Å². The van der Waals surface area contributed by atoms with E-state index in [0.29, 0.717) is 7.05 Å². The minimum atomic E-state index is -5.07. The third-order valence-electron chi connectivity index (χ3n) is 1.14. The van der Waals surface area contributed by atoms with Gasteiger partial charge in [-0.3, -0.25) is 0 Å². The van der Waals surface area contributed by atoms with Gasteiger partial charge in [0.2, 0.25) is 6.17 Å². The number of halogens is 6. The van der Waals surface area contributed by atoms with Crippen molar-refractivity contribution in [1.82, 2.24) is 4.90 Å². The molecule has 0 saturated heterocycles. The standard InChI is InChI=1S/C5H7F6N/c1-12(4(7)8)2-3(6)5(9,10)11/h3-4H,2H2,1H3. The van der Waals surface area contributed by atoms with E-state index in [1.807, 2.05) is 0 Å². The molecule has 0 rings (SSSR count). The van der Waals surface area contributed by atoms with Crippen molar-refractivity contribution in [2.75, 3.05) is 13.6 Å². The van der Waals surface area contributed by atoms with Crippen LogP contribution in [0.1, 0.15) is 0 Å². The van der Waals surface area contributed by atoms with Gasteiger partial charge >= 0.3 is 6.18 Å². The van der Waals surface area contributed by atoms with Crippen molar-refractivity contribution < 1.29 is 26.3 Å². The van der Waals surface area contributed by atoms with Crippen LogP contribution in [0.3, 0.4) is 0 Å². The van der Waals surface area contributed by atoms with Gasteiger partial charge in [-0.2, -0.15) is 22.0 Å². The van der Waals surface area contributed by atoms with E-state index in [0.717, 1.165) is 0 Å². The fraction of sp³-hybridized carbons (Fsp3) is 1.00. The van der Waals surface area contributed by atoms with Crippen molar-refractivity contribution in [1.29, 1.82) is 0 Å². The molecule has 0 saturated carbocycles. The van der Waals surface area contributed by atoms with E-state index in [2.05, 4.69) is 0 Å². The number of hydrogen-bond donors (Lipinski definition) is 0. The van der Waals surface area contributed by atoms with Gasteiger partial charge in [0, 0.05) is 6.54 Å². The molecule has 0 N–H and O–H groups in total. The monoisotopic (exact) mass is 195 g/mol. The lowest BCUT2D eigenvalue weighted by Gasteiger charge is -2.19. The van der Waals surface area contributed by atoms with Gasteiger partial charge < -0.3 is 0 Å². The number of nitrogens with zero attached hydrogens (tertiary/aromatic N) is 1. The maximum atomic E-state index is 12.0. The highest BCUT2D eigenvalue weighted by atomic mass is 19.4. The van der Waals surface area contributed by atoms with Crippen LogP contribution in [0.4, 0.5) is 26.3 Å². The maximum absolute atomic E-state index is 12.0. The molecule has 0 aromatic carbocycles. The average Bonchev–Trinajstić information content (AvgIpc) is 1.85. The Labute approximate surface area is 65.0 Å². The van der Waals surface area contributed by atoms with Gasteiger partial charge in [0.15, 0.2) is 0 Å². The second kappa shape index (κ2) is 3.97. The molecule has 1 nitrogen and oxygen atoms in total. The van der Waals surface area contributed by atoms with Gasteiger partial charge in [0.1, 0.15) is 0 Å². The van der Waals surface area contributed by atoms with E-state index in [1.165, 1.54) is 0 Å². The Balaban J connectivity index is 3.93. The van der Waals surface area contributed by atoms with Crippen LogP contribution in [0.5, 0.6) is 0 Å². The highest BCUT2D eigenvalue weighted by Gasteiger charge is 2.41. The van der Waals surface area contributed by atoms with E-state index < -0.39 is 25.4 Å². The molecule has 7 heteroatoms. The first kappa shape index (κ1) is 11.5. The molecule has 0 bridgehead atoms. The molecule has 0 aromatic rings. The minimum absolute atomic E-state index is 0.0157. The Kier molecular flexibility index (Phi) is 3.82. The molecule has 0 heterocycles. The van der Waals surface area contributed by atoms with Crippen molar-refractivity contribution in [3.05, 3.63) is 0 Å². The lowest BCUT2D eigenvalue weighted by atomic mass is 10.3. The number of alkyl halides is 6. The van der Waals surface area contributed by atoms with Crippen LogP contribution in [0.15, 0.2) is 0 Å². The highest BCUT2D eigenvalue weighted by Crippen LogP contribution is 2.23. The zero-order chi connectivity index (χ0) is 9.94. The van der Waals surface area contributed by atoms with Gasteiger partial charge in [-0.15, -0.1) is 0 Å². The SMILES string of the molecule is CN(CC(F)C(F)(F)F)C(F)F. The second-order valence-corrected chi connectivity index (χ2v) is 2.23. The summed E-state index contributed by atoms with van der Waals surface area (Å²) in [5, 5.41) is 0. The fourth-order valence-corrected chi connectivity index (χ4v) is 0.436. The summed E-state index contributed by atoms with van der Waals surface area (Å²) in [5.41, 5.74) is 0. The first-order valence-electron chi connectivity index (χ1n) is 2.94. The van der Waals surface area contributed by atoms with Crippen LogP contribution in [-0.2, 0) is 0 Å². The van der Waals surface area contributed by atoms with Crippen molar-refractivity contribution in [2.24, 2.45) is 0 Å². The van der Waals surface area contributed by atoms with Crippen LogP contribution < -0.4 is 0 Å². The zero-order valence-electron chi connectivity index (χ0n) is 6.08. The van der Waals surface area contributed by atoms with E-state index in [-0.39, 0.29) is 4.90 Å². The molecular formula is C5H7F6N. The molecule has 1 unspecified atom stereocenters. The highest BCUT2D eigenvalue weighted by molar-refractivity contribution is 4.68. The molecule has 0 aliphatic heterocycles. The molecule has 0 fully saturated rings. The quantitative estimate of drug-likeness (QED) is 0.492. The molecule has 74 valence electrons.